The fraction of sp³-hybridized carbons (Fsp3) is 0.321. The first-order valence-corrected chi connectivity index (χ1v) is 13.1. The number of rotatable bonds is 9. The zero-order chi connectivity index (χ0) is 26.4. The van der Waals surface area contributed by atoms with Gasteiger partial charge in [0.05, 0.1) is 0 Å². The van der Waals surface area contributed by atoms with Gasteiger partial charge in [-0.05, 0) is 43.0 Å². The Balaban J connectivity index is 1.66. The van der Waals surface area contributed by atoms with Crippen LogP contribution in [0.5, 0.6) is 5.75 Å². The van der Waals surface area contributed by atoms with Crippen molar-refractivity contribution in [2.24, 2.45) is 0 Å². The third-order valence-corrected chi connectivity index (χ3v) is 7.77. The molecule has 1 aliphatic carbocycles. The van der Waals surface area contributed by atoms with Crippen LogP contribution >= 0.6 is 11.3 Å². The molecule has 3 N–H and O–H groups in total. The largest absolute Gasteiger partial charge is 0.480 e. The Bertz CT molecular complexity index is 1270. The lowest BCUT2D eigenvalue weighted by atomic mass is 9.93. The smallest absolute Gasteiger partial charge is 0.349 e. The van der Waals surface area contributed by atoms with E-state index >= 15 is 0 Å². The Morgan fingerprint density at radius 1 is 1.03 bits per heavy atom. The second-order valence-electron chi connectivity index (χ2n) is 9.06. The van der Waals surface area contributed by atoms with Crippen LogP contribution in [0.2, 0.25) is 0 Å². The number of aliphatic carboxylic acids is 1. The monoisotopic (exact) mass is 522 g/mol. The quantitative estimate of drug-likeness (QED) is 0.321. The van der Waals surface area contributed by atoms with Crippen molar-refractivity contribution < 1.29 is 29.3 Å². The molecule has 3 aromatic rings. The molecule has 9 heteroatoms. The number of anilines is 1. The molecule has 0 spiro atoms. The van der Waals surface area contributed by atoms with Gasteiger partial charge in [-0.2, -0.15) is 0 Å². The zero-order valence-electron chi connectivity index (χ0n) is 20.6. The van der Waals surface area contributed by atoms with E-state index in [1.54, 1.807) is 6.92 Å². The topological polar surface area (TPSA) is 116 Å². The normalized spacial score (nSPS) is 13.6. The van der Waals surface area contributed by atoms with Gasteiger partial charge in [0.1, 0.15) is 5.75 Å². The van der Waals surface area contributed by atoms with E-state index in [1.807, 2.05) is 59.5 Å². The molecule has 0 saturated heterocycles. The van der Waals surface area contributed by atoms with Crippen molar-refractivity contribution in [3.05, 3.63) is 70.6 Å². The second kappa shape index (κ2) is 11.9. The fourth-order valence-corrected chi connectivity index (χ4v) is 5.80. The molecule has 37 heavy (non-hydrogen) atoms. The standard InChI is InChI=1S/C28H30N2O6S/c1-18-24(36-17-23(31)32)26(27(33)34)37-25(18)20-11-8-14-22(15-20)30(21-12-6-3-7-13-21)28(35)29-16-19-9-4-2-5-10-19/h2,4-5,8-11,14-15,21H,3,6-7,12-13,16-17H2,1H3,(H,29,35)(H,31,32)(H,33,34). The summed E-state index contributed by atoms with van der Waals surface area (Å²) in [5, 5.41) is 21.7. The van der Waals surface area contributed by atoms with Crippen LogP contribution < -0.4 is 15.0 Å². The van der Waals surface area contributed by atoms with Crippen LogP contribution in [0, 0.1) is 6.92 Å². The van der Waals surface area contributed by atoms with E-state index in [4.69, 9.17) is 9.84 Å². The number of aromatic carboxylic acids is 1. The van der Waals surface area contributed by atoms with Crippen LogP contribution in [0.25, 0.3) is 10.4 Å². The highest BCUT2D eigenvalue weighted by atomic mass is 32.1. The van der Waals surface area contributed by atoms with Gasteiger partial charge in [0, 0.05) is 28.7 Å². The van der Waals surface area contributed by atoms with Crippen molar-refractivity contribution in [1.82, 2.24) is 5.32 Å². The average molecular weight is 523 g/mol. The molecule has 0 aliphatic heterocycles. The molecule has 1 saturated carbocycles. The lowest BCUT2D eigenvalue weighted by Gasteiger charge is -2.34. The van der Waals surface area contributed by atoms with Gasteiger partial charge in [-0.25, -0.2) is 14.4 Å². The van der Waals surface area contributed by atoms with Crippen LogP contribution in [0.1, 0.15) is 52.9 Å². The van der Waals surface area contributed by atoms with Crippen molar-refractivity contribution in [3.8, 4) is 16.2 Å². The summed E-state index contributed by atoms with van der Waals surface area (Å²) in [5.74, 6) is -2.31. The number of carboxylic acid groups (broad SMARTS) is 2. The molecule has 1 aliphatic rings. The summed E-state index contributed by atoms with van der Waals surface area (Å²) in [5.41, 5.74) is 3.04. The minimum absolute atomic E-state index is 0.0520. The van der Waals surface area contributed by atoms with E-state index in [0.717, 1.165) is 60.3 Å². The van der Waals surface area contributed by atoms with Crippen molar-refractivity contribution in [2.75, 3.05) is 11.5 Å². The molecule has 2 aromatic carbocycles. The molecule has 1 aromatic heterocycles. The lowest BCUT2D eigenvalue weighted by molar-refractivity contribution is -0.139. The number of nitrogens with zero attached hydrogens (tertiary/aromatic N) is 1. The summed E-state index contributed by atoms with van der Waals surface area (Å²) in [7, 11) is 0. The molecule has 0 bridgehead atoms. The predicted molar refractivity (Wildman–Crippen MR) is 143 cm³/mol. The molecule has 194 valence electrons. The van der Waals surface area contributed by atoms with Crippen LogP contribution in [0.15, 0.2) is 54.6 Å². The minimum Gasteiger partial charge on any atom is -0.480 e. The zero-order valence-corrected chi connectivity index (χ0v) is 21.4. The second-order valence-corrected chi connectivity index (χ2v) is 10.1. The Labute approximate surface area is 219 Å². The van der Waals surface area contributed by atoms with Crippen LogP contribution in [0.4, 0.5) is 10.5 Å². The lowest BCUT2D eigenvalue weighted by Crippen LogP contribution is -2.47. The number of hydrogen-bond donors (Lipinski definition) is 3. The Kier molecular flexibility index (Phi) is 8.45. The number of urea groups is 1. The Hall–Kier alpha value is -3.85. The molecule has 1 fully saturated rings. The highest BCUT2D eigenvalue weighted by Gasteiger charge is 2.28. The van der Waals surface area contributed by atoms with Gasteiger partial charge in [-0.15, -0.1) is 11.3 Å². The van der Waals surface area contributed by atoms with Crippen molar-refractivity contribution in [1.29, 1.82) is 0 Å². The maximum Gasteiger partial charge on any atom is 0.349 e. The van der Waals surface area contributed by atoms with E-state index in [1.165, 1.54) is 0 Å². The first kappa shape index (κ1) is 26.2. The Morgan fingerprint density at radius 2 is 1.76 bits per heavy atom. The number of nitrogens with one attached hydrogen (secondary N) is 1. The maximum absolute atomic E-state index is 13.5. The molecule has 1 heterocycles. The molecule has 0 unspecified atom stereocenters. The third-order valence-electron chi connectivity index (χ3n) is 6.46. The van der Waals surface area contributed by atoms with E-state index in [9.17, 15) is 19.5 Å². The van der Waals surface area contributed by atoms with Crippen LogP contribution in [0.3, 0.4) is 0 Å². The SMILES string of the molecule is Cc1c(-c2cccc(N(C(=O)NCc3ccccc3)C3CCCCC3)c2)sc(C(=O)O)c1OCC(=O)O. The summed E-state index contributed by atoms with van der Waals surface area (Å²) >= 11 is 1.03. The molecular formula is C28H30N2O6S. The molecule has 4 rings (SSSR count). The molecule has 0 radical (unpaired) electrons. The third kappa shape index (κ3) is 6.29. The minimum atomic E-state index is -1.19. The number of thiophene rings is 1. The summed E-state index contributed by atoms with van der Waals surface area (Å²) in [6.07, 6.45) is 5.10. The predicted octanol–water partition coefficient (Wildman–Crippen LogP) is 5.93. The van der Waals surface area contributed by atoms with Gasteiger partial charge in [-0.3, -0.25) is 4.90 Å². The van der Waals surface area contributed by atoms with Gasteiger partial charge in [0.15, 0.2) is 11.5 Å². The number of benzene rings is 2. The van der Waals surface area contributed by atoms with Crippen molar-refractivity contribution in [3.63, 3.8) is 0 Å². The highest BCUT2D eigenvalue weighted by Crippen LogP contribution is 2.42. The van der Waals surface area contributed by atoms with Gasteiger partial charge in [0.2, 0.25) is 0 Å². The highest BCUT2D eigenvalue weighted by molar-refractivity contribution is 7.18. The number of carbonyl (C=O) groups is 3. The van der Waals surface area contributed by atoms with E-state index in [-0.39, 0.29) is 22.7 Å². The van der Waals surface area contributed by atoms with Gasteiger partial charge in [-0.1, -0.05) is 61.7 Å². The number of carbonyl (C=O) groups excluding carboxylic acids is 1. The van der Waals surface area contributed by atoms with E-state index in [2.05, 4.69) is 5.32 Å². The van der Waals surface area contributed by atoms with Crippen molar-refractivity contribution in [2.45, 2.75) is 51.6 Å². The summed E-state index contributed by atoms with van der Waals surface area (Å²) < 4.78 is 5.33. The van der Waals surface area contributed by atoms with Crippen LogP contribution in [-0.4, -0.2) is 40.8 Å². The summed E-state index contributed by atoms with van der Waals surface area (Å²) in [6.45, 7) is 1.50. The molecule has 2 amide bonds. The van der Waals surface area contributed by atoms with Gasteiger partial charge in [0.25, 0.3) is 0 Å². The first-order chi connectivity index (χ1) is 17.8. The van der Waals surface area contributed by atoms with Crippen molar-refractivity contribution >= 4 is 35.0 Å². The van der Waals surface area contributed by atoms with E-state index in [0.29, 0.717) is 17.0 Å². The molecule has 0 atom stereocenters. The Morgan fingerprint density at radius 3 is 2.43 bits per heavy atom. The van der Waals surface area contributed by atoms with Gasteiger partial charge < -0.3 is 20.3 Å². The average Bonchev–Trinajstić information content (AvgIpc) is 3.24. The number of carboxylic acids is 2. The maximum atomic E-state index is 13.5. The fourth-order valence-electron chi connectivity index (χ4n) is 4.71. The van der Waals surface area contributed by atoms with E-state index < -0.39 is 18.5 Å². The van der Waals surface area contributed by atoms with Crippen LogP contribution in [-0.2, 0) is 11.3 Å². The number of ether oxygens (including phenoxy) is 1. The first-order valence-electron chi connectivity index (χ1n) is 12.3. The summed E-state index contributed by atoms with van der Waals surface area (Å²) in [4.78, 5) is 38.8. The number of amides is 2. The number of hydrogen-bond acceptors (Lipinski definition) is 5. The van der Waals surface area contributed by atoms with Gasteiger partial charge >= 0.3 is 18.0 Å². The molecule has 8 nitrogen and oxygen atoms in total. The molecular weight excluding hydrogens is 492 g/mol. The summed E-state index contributed by atoms with van der Waals surface area (Å²) in [6, 6.07) is 17.1.